The van der Waals surface area contributed by atoms with Crippen molar-refractivity contribution in [2.75, 3.05) is 13.6 Å². The van der Waals surface area contributed by atoms with Crippen molar-refractivity contribution in [3.8, 4) is 0 Å². The molecule has 1 aliphatic rings. The first-order valence-corrected chi connectivity index (χ1v) is 3.69. The van der Waals surface area contributed by atoms with Crippen molar-refractivity contribution in [1.82, 2.24) is 4.90 Å². The molecule has 2 heteroatoms. The van der Waals surface area contributed by atoms with Crippen LogP contribution in [-0.4, -0.2) is 24.2 Å². The zero-order valence-corrected chi connectivity index (χ0v) is 6.35. The molecule has 1 atom stereocenters. The summed E-state index contributed by atoms with van der Waals surface area (Å²) >= 11 is 0. The Hall–Kier alpha value is -0.0800. The van der Waals surface area contributed by atoms with Crippen LogP contribution >= 0.6 is 0 Å². The van der Waals surface area contributed by atoms with E-state index in [0.717, 1.165) is 6.42 Å². The third kappa shape index (κ3) is 1.10. The minimum atomic E-state index is 0.0278. The lowest BCUT2D eigenvalue weighted by molar-refractivity contribution is 0.175. The van der Waals surface area contributed by atoms with Crippen LogP contribution in [0.25, 0.3) is 0 Å². The largest absolute Gasteiger partial charge is 0.313 e. The van der Waals surface area contributed by atoms with E-state index in [1.54, 1.807) is 0 Å². The maximum atomic E-state index is 6.03. The van der Waals surface area contributed by atoms with E-state index in [2.05, 4.69) is 18.9 Å². The van der Waals surface area contributed by atoms with Crippen LogP contribution in [0.1, 0.15) is 26.2 Å². The molecule has 0 spiro atoms. The minimum Gasteiger partial charge on any atom is -0.313 e. The SMILES string of the molecule is CCC1(N)CCCN1C. The minimum absolute atomic E-state index is 0.0278. The van der Waals surface area contributed by atoms with Crippen molar-refractivity contribution in [1.29, 1.82) is 0 Å². The van der Waals surface area contributed by atoms with Crippen molar-refractivity contribution in [2.45, 2.75) is 31.8 Å². The molecular weight excluding hydrogens is 112 g/mol. The van der Waals surface area contributed by atoms with Gasteiger partial charge in [0.1, 0.15) is 0 Å². The van der Waals surface area contributed by atoms with Gasteiger partial charge in [-0.1, -0.05) is 6.92 Å². The van der Waals surface area contributed by atoms with E-state index in [1.165, 1.54) is 19.4 Å². The third-order valence-corrected chi connectivity index (χ3v) is 2.48. The van der Waals surface area contributed by atoms with Crippen molar-refractivity contribution in [3.05, 3.63) is 0 Å². The summed E-state index contributed by atoms with van der Waals surface area (Å²) in [6.07, 6.45) is 3.50. The van der Waals surface area contributed by atoms with E-state index in [1.807, 2.05) is 0 Å². The maximum absolute atomic E-state index is 6.03. The summed E-state index contributed by atoms with van der Waals surface area (Å²) in [5.41, 5.74) is 6.06. The highest BCUT2D eigenvalue weighted by molar-refractivity contribution is 4.86. The standard InChI is InChI=1S/C7H16N2/c1-3-7(8)5-4-6-9(7)2/h3-6,8H2,1-2H3. The molecule has 0 aromatic carbocycles. The van der Waals surface area contributed by atoms with Crippen LogP contribution in [0, 0.1) is 0 Å². The highest BCUT2D eigenvalue weighted by atomic mass is 15.3. The van der Waals surface area contributed by atoms with Gasteiger partial charge in [-0.3, -0.25) is 4.90 Å². The second-order valence-corrected chi connectivity index (χ2v) is 2.98. The van der Waals surface area contributed by atoms with E-state index in [0.29, 0.717) is 0 Å². The van der Waals surface area contributed by atoms with E-state index >= 15 is 0 Å². The fraction of sp³-hybridized carbons (Fsp3) is 1.00. The normalized spacial score (nSPS) is 37.7. The molecule has 1 rings (SSSR count). The molecule has 1 fully saturated rings. The summed E-state index contributed by atoms with van der Waals surface area (Å²) in [4.78, 5) is 2.26. The fourth-order valence-corrected chi connectivity index (χ4v) is 1.48. The second-order valence-electron chi connectivity index (χ2n) is 2.98. The average Bonchev–Trinajstić information content (AvgIpc) is 2.15. The van der Waals surface area contributed by atoms with Gasteiger partial charge in [-0.15, -0.1) is 0 Å². The second kappa shape index (κ2) is 2.27. The molecule has 1 heterocycles. The molecule has 0 saturated carbocycles. The van der Waals surface area contributed by atoms with Gasteiger partial charge < -0.3 is 5.73 Å². The number of nitrogens with two attached hydrogens (primary N) is 1. The maximum Gasteiger partial charge on any atom is 0.0682 e. The van der Waals surface area contributed by atoms with Crippen molar-refractivity contribution in [2.24, 2.45) is 5.73 Å². The van der Waals surface area contributed by atoms with E-state index in [9.17, 15) is 0 Å². The quantitative estimate of drug-likeness (QED) is 0.565. The Bertz CT molecular complexity index is 103. The van der Waals surface area contributed by atoms with Crippen molar-refractivity contribution >= 4 is 0 Å². The Balaban J connectivity index is 2.56. The van der Waals surface area contributed by atoms with Crippen LogP contribution in [0.4, 0.5) is 0 Å². The molecule has 0 aromatic heterocycles. The highest BCUT2D eigenvalue weighted by Gasteiger charge is 2.31. The summed E-state index contributed by atoms with van der Waals surface area (Å²) in [5.74, 6) is 0. The Morgan fingerprint density at radius 3 is 2.56 bits per heavy atom. The van der Waals surface area contributed by atoms with Crippen molar-refractivity contribution in [3.63, 3.8) is 0 Å². The van der Waals surface area contributed by atoms with Crippen LogP contribution in [-0.2, 0) is 0 Å². The molecule has 2 N–H and O–H groups in total. The first-order valence-electron chi connectivity index (χ1n) is 3.69. The lowest BCUT2D eigenvalue weighted by Gasteiger charge is -2.30. The molecule has 0 bridgehead atoms. The van der Waals surface area contributed by atoms with E-state index < -0.39 is 0 Å². The number of hydrogen-bond donors (Lipinski definition) is 1. The van der Waals surface area contributed by atoms with Gasteiger partial charge in [0.25, 0.3) is 0 Å². The molecule has 0 aliphatic carbocycles. The molecule has 54 valence electrons. The molecule has 2 nitrogen and oxygen atoms in total. The molecule has 1 aliphatic heterocycles. The smallest absolute Gasteiger partial charge is 0.0682 e. The van der Waals surface area contributed by atoms with Gasteiger partial charge in [-0.25, -0.2) is 0 Å². The van der Waals surface area contributed by atoms with Gasteiger partial charge >= 0.3 is 0 Å². The first-order chi connectivity index (χ1) is 4.19. The predicted octanol–water partition coefficient (Wildman–Crippen LogP) is 0.777. The van der Waals surface area contributed by atoms with Gasteiger partial charge in [0.15, 0.2) is 0 Å². The monoisotopic (exact) mass is 128 g/mol. The number of hydrogen-bond acceptors (Lipinski definition) is 2. The Morgan fingerprint density at radius 2 is 2.33 bits per heavy atom. The molecule has 0 radical (unpaired) electrons. The number of rotatable bonds is 1. The van der Waals surface area contributed by atoms with Gasteiger partial charge in [0, 0.05) is 0 Å². The summed E-state index contributed by atoms with van der Waals surface area (Å²) in [7, 11) is 2.11. The highest BCUT2D eigenvalue weighted by Crippen LogP contribution is 2.24. The van der Waals surface area contributed by atoms with E-state index in [4.69, 9.17) is 5.73 Å². The van der Waals surface area contributed by atoms with Crippen LogP contribution in [0.15, 0.2) is 0 Å². The van der Waals surface area contributed by atoms with E-state index in [-0.39, 0.29) is 5.66 Å². The molecule has 1 unspecified atom stereocenters. The molecule has 0 amide bonds. The van der Waals surface area contributed by atoms with Gasteiger partial charge in [0.05, 0.1) is 5.66 Å². The summed E-state index contributed by atoms with van der Waals surface area (Å²) < 4.78 is 0. The molecule has 1 saturated heterocycles. The van der Waals surface area contributed by atoms with Gasteiger partial charge in [0.2, 0.25) is 0 Å². The Kier molecular flexibility index (Phi) is 1.78. The predicted molar refractivity (Wildman–Crippen MR) is 39.1 cm³/mol. The lowest BCUT2D eigenvalue weighted by Crippen LogP contribution is -2.49. The Labute approximate surface area is 57.0 Å². The topological polar surface area (TPSA) is 29.3 Å². The van der Waals surface area contributed by atoms with Crippen LogP contribution < -0.4 is 5.73 Å². The zero-order chi connectivity index (χ0) is 6.91. The average molecular weight is 128 g/mol. The zero-order valence-electron chi connectivity index (χ0n) is 6.35. The molecular formula is C7H16N2. The third-order valence-electron chi connectivity index (χ3n) is 2.48. The number of nitrogens with zero attached hydrogens (tertiary/aromatic N) is 1. The molecule has 0 aromatic rings. The van der Waals surface area contributed by atoms with Crippen LogP contribution in [0.5, 0.6) is 0 Å². The molecule has 9 heavy (non-hydrogen) atoms. The fourth-order valence-electron chi connectivity index (χ4n) is 1.48. The van der Waals surface area contributed by atoms with Crippen molar-refractivity contribution < 1.29 is 0 Å². The first kappa shape index (κ1) is 7.03. The van der Waals surface area contributed by atoms with Crippen LogP contribution in [0.3, 0.4) is 0 Å². The van der Waals surface area contributed by atoms with Gasteiger partial charge in [-0.2, -0.15) is 0 Å². The van der Waals surface area contributed by atoms with Gasteiger partial charge in [-0.05, 0) is 32.9 Å². The summed E-state index contributed by atoms with van der Waals surface area (Å²) in [6.45, 7) is 3.33. The number of likely N-dealkylation sites (tertiary alicyclic amines) is 1. The van der Waals surface area contributed by atoms with Crippen LogP contribution in [0.2, 0.25) is 0 Å². The lowest BCUT2D eigenvalue weighted by atomic mass is 10.1. The summed E-state index contributed by atoms with van der Waals surface area (Å²) in [5, 5.41) is 0. The Morgan fingerprint density at radius 1 is 1.67 bits per heavy atom. The summed E-state index contributed by atoms with van der Waals surface area (Å²) in [6, 6.07) is 0.